The van der Waals surface area contributed by atoms with Crippen LogP contribution >= 0.6 is 11.6 Å². The van der Waals surface area contributed by atoms with Gasteiger partial charge in [0.05, 0.1) is 5.02 Å². The first-order valence-electron chi connectivity index (χ1n) is 6.88. The van der Waals surface area contributed by atoms with Gasteiger partial charge in [-0.1, -0.05) is 11.6 Å². The molecule has 2 aliphatic heterocycles. The first-order chi connectivity index (χ1) is 8.83. The first-order valence-corrected chi connectivity index (χ1v) is 7.25. The molecule has 0 N–H and O–H groups in total. The Morgan fingerprint density at radius 1 is 1.28 bits per heavy atom. The van der Waals surface area contributed by atoms with Crippen molar-refractivity contribution in [3.63, 3.8) is 0 Å². The van der Waals surface area contributed by atoms with E-state index in [0.717, 1.165) is 17.6 Å². The van der Waals surface area contributed by atoms with Crippen molar-refractivity contribution in [2.45, 2.75) is 31.8 Å². The third-order valence-corrected chi connectivity index (χ3v) is 4.48. The summed E-state index contributed by atoms with van der Waals surface area (Å²) in [5, 5.41) is 0.796. The fourth-order valence-corrected chi connectivity index (χ4v) is 3.38. The van der Waals surface area contributed by atoms with Gasteiger partial charge in [0.1, 0.15) is 0 Å². The molecule has 2 aliphatic rings. The third kappa shape index (κ3) is 2.68. The van der Waals surface area contributed by atoms with E-state index in [-0.39, 0.29) is 0 Å². The fraction of sp³-hybridized carbons (Fsp3) is 0.643. The number of aromatic nitrogens is 1. The van der Waals surface area contributed by atoms with Gasteiger partial charge in [-0.15, -0.1) is 0 Å². The lowest BCUT2D eigenvalue weighted by Crippen LogP contribution is -2.36. The molecular weight excluding hydrogens is 246 g/mol. The van der Waals surface area contributed by atoms with Gasteiger partial charge in [0.2, 0.25) is 0 Å². The van der Waals surface area contributed by atoms with Crippen LogP contribution in [0, 0.1) is 0 Å². The molecule has 4 heteroatoms. The number of hydrogen-bond acceptors (Lipinski definition) is 3. The summed E-state index contributed by atoms with van der Waals surface area (Å²) in [4.78, 5) is 9.26. The predicted molar refractivity (Wildman–Crippen MR) is 73.7 cm³/mol. The topological polar surface area (TPSA) is 19.4 Å². The minimum Gasteiger partial charge on any atom is -0.299 e. The molecule has 2 fully saturated rings. The summed E-state index contributed by atoms with van der Waals surface area (Å²) < 4.78 is 0. The molecule has 3 nitrogen and oxygen atoms in total. The Hall–Kier alpha value is -0.640. The summed E-state index contributed by atoms with van der Waals surface area (Å²) in [6.07, 6.45) is 7.59. The molecular formula is C14H20ClN3. The zero-order valence-corrected chi connectivity index (χ0v) is 11.4. The van der Waals surface area contributed by atoms with Crippen molar-refractivity contribution in [1.29, 1.82) is 0 Å². The predicted octanol–water partition coefficient (Wildman–Crippen LogP) is 2.41. The lowest BCUT2D eigenvalue weighted by atomic mass is 10.2. The maximum Gasteiger partial charge on any atom is 0.0634 e. The quantitative estimate of drug-likeness (QED) is 0.819. The number of pyridine rings is 1. The van der Waals surface area contributed by atoms with Crippen molar-refractivity contribution in [3.05, 3.63) is 29.0 Å². The molecule has 3 rings (SSSR count). The number of hydrogen-bond donors (Lipinski definition) is 0. The molecule has 0 bridgehead atoms. The van der Waals surface area contributed by atoms with Crippen LogP contribution in [0.1, 0.15) is 24.8 Å². The molecule has 0 aliphatic carbocycles. The van der Waals surface area contributed by atoms with Crippen molar-refractivity contribution >= 4 is 11.6 Å². The zero-order chi connectivity index (χ0) is 12.4. The second kappa shape index (κ2) is 5.55. The molecule has 18 heavy (non-hydrogen) atoms. The van der Waals surface area contributed by atoms with Gasteiger partial charge in [0, 0.05) is 31.5 Å². The van der Waals surface area contributed by atoms with E-state index < -0.39 is 0 Å². The van der Waals surface area contributed by atoms with E-state index in [1.54, 1.807) is 6.20 Å². The highest BCUT2D eigenvalue weighted by Crippen LogP contribution is 2.23. The SMILES string of the molecule is Clc1cnccc1CN1CCCN2CCC[C@H]2C1. The molecule has 1 aromatic rings. The molecule has 1 aromatic heterocycles. The lowest BCUT2D eigenvalue weighted by Gasteiger charge is -2.25. The van der Waals surface area contributed by atoms with Crippen molar-refractivity contribution < 1.29 is 0 Å². The molecule has 3 heterocycles. The summed E-state index contributed by atoms with van der Waals surface area (Å²) in [5.41, 5.74) is 1.21. The smallest absolute Gasteiger partial charge is 0.0634 e. The second-order valence-corrected chi connectivity index (χ2v) is 5.79. The summed E-state index contributed by atoms with van der Waals surface area (Å²) in [6, 6.07) is 2.81. The average Bonchev–Trinajstić information content (AvgIpc) is 2.71. The van der Waals surface area contributed by atoms with E-state index in [4.69, 9.17) is 11.6 Å². The Morgan fingerprint density at radius 3 is 3.06 bits per heavy atom. The molecule has 0 radical (unpaired) electrons. The monoisotopic (exact) mass is 265 g/mol. The first kappa shape index (κ1) is 12.4. The van der Waals surface area contributed by atoms with Gasteiger partial charge in [0.15, 0.2) is 0 Å². The van der Waals surface area contributed by atoms with Gasteiger partial charge in [-0.2, -0.15) is 0 Å². The van der Waals surface area contributed by atoms with Crippen LogP contribution in [0.15, 0.2) is 18.5 Å². The van der Waals surface area contributed by atoms with Crippen LogP contribution in [0.4, 0.5) is 0 Å². The average molecular weight is 266 g/mol. The van der Waals surface area contributed by atoms with Crippen LogP contribution in [0.2, 0.25) is 5.02 Å². The van der Waals surface area contributed by atoms with Crippen molar-refractivity contribution in [2.24, 2.45) is 0 Å². The molecule has 1 atom stereocenters. The van der Waals surface area contributed by atoms with Crippen LogP contribution in [0.25, 0.3) is 0 Å². The van der Waals surface area contributed by atoms with Crippen molar-refractivity contribution in [3.8, 4) is 0 Å². The van der Waals surface area contributed by atoms with E-state index in [9.17, 15) is 0 Å². The molecule has 98 valence electrons. The normalized spacial score (nSPS) is 25.9. The van der Waals surface area contributed by atoms with E-state index in [2.05, 4.69) is 14.8 Å². The highest BCUT2D eigenvalue weighted by molar-refractivity contribution is 6.31. The van der Waals surface area contributed by atoms with E-state index in [1.165, 1.54) is 51.0 Å². The number of halogens is 1. The van der Waals surface area contributed by atoms with Crippen LogP contribution in [0.5, 0.6) is 0 Å². The highest BCUT2D eigenvalue weighted by Gasteiger charge is 2.28. The minimum absolute atomic E-state index is 0.771. The summed E-state index contributed by atoms with van der Waals surface area (Å²) in [7, 11) is 0. The Bertz CT molecular complexity index is 410. The van der Waals surface area contributed by atoms with Gasteiger partial charge >= 0.3 is 0 Å². The second-order valence-electron chi connectivity index (χ2n) is 5.39. The Morgan fingerprint density at radius 2 is 2.17 bits per heavy atom. The van der Waals surface area contributed by atoms with Gasteiger partial charge in [-0.25, -0.2) is 0 Å². The number of rotatable bonds is 2. The largest absolute Gasteiger partial charge is 0.299 e. The van der Waals surface area contributed by atoms with Crippen LogP contribution in [-0.2, 0) is 6.54 Å². The van der Waals surface area contributed by atoms with Crippen LogP contribution in [-0.4, -0.2) is 47.0 Å². The fourth-order valence-electron chi connectivity index (χ4n) is 3.20. The molecule has 0 saturated carbocycles. The summed E-state index contributed by atoms with van der Waals surface area (Å²) in [5.74, 6) is 0. The van der Waals surface area contributed by atoms with Gasteiger partial charge < -0.3 is 0 Å². The standard InChI is InChI=1S/C14H20ClN3/c15-14-9-16-5-4-12(14)10-17-6-2-8-18-7-1-3-13(18)11-17/h4-5,9,13H,1-3,6-8,10-11H2/t13-/m0/s1. The van der Waals surface area contributed by atoms with Gasteiger partial charge in [-0.05, 0) is 50.5 Å². The van der Waals surface area contributed by atoms with E-state index >= 15 is 0 Å². The van der Waals surface area contributed by atoms with E-state index in [1.807, 2.05) is 12.3 Å². The third-order valence-electron chi connectivity index (χ3n) is 4.14. The number of nitrogens with zero attached hydrogens (tertiary/aromatic N) is 3. The lowest BCUT2D eigenvalue weighted by molar-refractivity contribution is 0.215. The Kier molecular flexibility index (Phi) is 3.83. The molecule has 0 spiro atoms. The highest BCUT2D eigenvalue weighted by atomic mass is 35.5. The summed E-state index contributed by atoms with van der Waals surface area (Å²) in [6.45, 7) is 5.91. The maximum atomic E-state index is 6.20. The Labute approximate surface area is 114 Å². The number of fused-ring (bicyclic) bond motifs is 1. The minimum atomic E-state index is 0.771. The van der Waals surface area contributed by atoms with Crippen molar-refractivity contribution in [1.82, 2.24) is 14.8 Å². The van der Waals surface area contributed by atoms with Gasteiger partial charge in [-0.3, -0.25) is 14.8 Å². The Balaban J connectivity index is 1.67. The molecule has 0 amide bonds. The maximum absolute atomic E-state index is 6.20. The summed E-state index contributed by atoms with van der Waals surface area (Å²) >= 11 is 6.20. The van der Waals surface area contributed by atoms with Crippen LogP contribution < -0.4 is 0 Å². The van der Waals surface area contributed by atoms with Crippen molar-refractivity contribution in [2.75, 3.05) is 26.2 Å². The van der Waals surface area contributed by atoms with Crippen LogP contribution in [0.3, 0.4) is 0 Å². The molecule has 2 saturated heterocycles. The molecule has 0 aromatic carbocycles. The molecule has 0 unspecified atom stereocenters. The van der Waals surface area contributed by atoms with E-state index in [0.29, 0.717) is 0 Å². The zero-order valence-electron chi connectivity index (χ0n) is 10.7. The van der Waals surface area contributed by atoms with Gasteiger partial charge in [0.25, 0.3) is 0 Å².